The van der Waals surface area contributed by atoms with Crippen LogP contribution in [0.5, 0.6) is 0 Å². The van der Waals surface area contributed by atoms with Crippen molar-refractivity contribution >= 4 is 12.1 Å². The highest BCUT2D eigenvalue weighted by Crippen LogP contribution is 2.25. The fourth-order valence-electron chi connectivity index (χ4n) is 1.26. The first kappa shape index (κ1) is 15.7. The second-order valence-corrected chi connectivity index (χ2v) is 6.14. The molecule has 0 aliphatic rings. The molecule has 0 fully saturated rings. The Kier molecular flexibility index (Phi) is 4.98. The van der Waals surface area contributed by atoms with E-state index in [1.807, 2.05) is 20.8 Å². The molecular formula is C12H23NO4. The number of carboxylic acids is 1. The van der Waals surface area contributed by atoms with Crippen molar-refractivity contribution in [2.24, 2.45) is 11.3 Å². The number of amides is 1. The number of carbonyl (C=O) groups excluding carboxylic acids is 1. The Morgan fingerprint density at radius 2 is 1.65 bits per heavy atom. The van der Waals surface area contributed by atoms with Crippen LogP contribution in [0.2, 0.25) is 0 Å². The van der Waals surface area contributed by atoms with Gasteiger partial charge < -0.3 is 15.2 Å². The van der Waals surface area contributed by atoms with Gasteiger partial charge in [-0.2, -0.15) is 0 Å². The molecule has 0 bridgehead atoms. The molecule has 2 N–H and O–H groups in total. The lowest BCUT2D eigenvalue weighted by molar-refractivity contribution is -0.145. The van der Waals surface area contributed by atoms with Crippen molar-refractivity contribution in [2.75, 3.05) is 6.54 Å². The number of carbonyl (C=O) groups is 2. The van der Waals surface area contributed by atoms with Crippen LogP contribution in [0.1, 0.15) is 41.5 Å². The Morgan fingerprint density at radius 3 is 1.94 bits per heavy atom. The van der Waals surface area contributed by atoms with Gasteiger partial charge in [0.05, 0.1) is 5.92 Å². The van der Waals surface area contributed by atoms with Crippen LogP contribution in [0.3, 0.4) is 0 Å². The predicted molar refractivity (Wildman–Crippen MR) is 64.8 cm³/mol. The number of alkyl carbamates (subject to hydrolysis) is 1. The zero-order valence-corrected chi connectivity index (χ0v) is 11.5. The van der Waals surface area contributed by atoms with Crippen molar-refractivity contribution in [3.8, 4) is 0 Å². The summed E-state index contributed by atoms with van der Waals surface area (Å²) in [4.78, 5) is 22.4. The number of hydrogen-bond donors (Lipinski definition) is 2. The number of aliphatic carboxylic acids is 1. The standard InChI is InChI=1S/C12H23NO4/c1-11(2,3)8(9(14)15)7-13-10(16)17-12(4,5)6/h8H,7H2,1-6H3,(H,13,16)(H,14,15)/t8-/m1/s1. The van der Waals surface area contributed by atoms with Gasteiger partial charge in [-0.25, -0.2) is 4.79 Å². The molecule has 0 aromatic rings. The third kappa shape index (κ3) is 6.81. The second kappa shape index (κ2) is 5.38. The molecule has 0 radical (unpaired) electrons. The van der Waals surface area contributed by atoms with Gasteiger partial charge in [0.2, 0.25) is 0 Å². The highest BCUT2D eigenvalue weighted by atomic mass is 16.6. The van der Waals surface area contributed by atoms with Crippen molar-refractivity contribution in [1.82, 2.24) is 5.32 Å². The Morgan fingerprint density at radius 1 is 1.18 bits per heavy atom. The van der Waals surface area contributed by atoms with Crippen LogP contribution in [-0.4, -0.2) is 29.3 Å². The smallest absolute Gasteiger partial charge is 0.407 e. The Balaban J connectivity index is 4.34. The molecule has 0 aliphatic heterocycles. The van der Waals surface area contributed by atoms with Gasteiger partial charge in [-0.15, -0.1) is 0 Å². The molecular weight excluding hydrogens is 222 g/mol. The molecule has 0 saturated carbocycles. The molecule has 0 aromatic carbocycles. The van der Waals surface area contributed by atoms with Crippen molar-refractivity contribution in [1.29, 1.82) is 0 Å². The molecule has 1 amide bonds. The molecule has 5 heteroatoms. The van der Waals surface area contributed by atoms with Crippen LogP contribution in [0.15, 0.2) is 0 Å². The van der Waals surface area contributed by atoms with Crippen LogP contribution in [0, 0.1) is 11.3 Å². The van der Waals surface area contributed by atoms with Gasteiger partial charge >= 0.3 is 12.1 Å². The number of hydrogen-bond acceptors (Lipinski definition) is 3. The highest BCUT2D eigenvalue weighted by molar-refractivity contribution is 5.73. The summed E-state index contributed by atoms with van der Waals surface area (Å²) in [5.41, 5.74) is -0.995. The van der Waals surface area contributed by atoms with Gasteiger partial charge in [-0.05, 0) is 26.2 Å². The van der Waals surface area contributed by atoms with E-state index >= 15 is 0 Å². The maximum absolute atomic E-state index is 11.4. The maximum Gasteiger partial charge on any atom is 0.407 e. The van der Waals surface area contributed by atoms with E-state index in [9.17, 15) is 9.59 Å². The summed E-state index contributed by atoms with van der Waals surface area (Å²) >= 11 is 0. The molecule has 0 unspecified atom stereocenters. The van der Waals surface area contributed by atoms with E-state index in [0.717, 1.165) is 0 Å². The quantitative estimate of drug-likeness (QED) is 0.799. The molecule has 5 nitrogen and oxygen atoms in total. The minimum atomic E-state index is -0.923. The highest BCUT2D eigenvalue weighted by Gasteiger charge is 2.31. The molecule has 0 aromatic heterocycles. The van der Waals surface area contributed by atoms with Crippen LogP contribution < -0.4 is 5.32 Å². The van der Waals surface area contributed by atoms with Gasteiger partial charge in [0.1, 0.15) is 5.60 Å². The summed E-state index contributed by atoms with van der Waals surface area (Å²) in [5, 5.41) is 11.5. The zero-order chi connectivity index (χ0) is 13.9. The zero-order valence-electron chi connectivity index (χ0n) is 11.5. The van der Waals surface area contributed by atoms with Gasteiger partial charge in [0, 0.05) is 6.54 Å². The number of ether oxygens (including phenoxy) is 1. The van der Waals surface area contributed by atoms with Crippen LogP contribution in [0.25, 0.3) is 0 Å². The number of rotatable bonds is 3. The lowest BCUT2D eigenvalue weighted by Crippen LogP contribution is -2.41. The summed E-state index contributed by atoms with van der Waals surface area (Å²) in [5.74, 6) is -1.57. The van der Waals surface area contributed by atoms with E-state index in [1.54, 1.807) is 20.8 Å². The lowest BCUT2D eigenvalue weighted by Gasteiger charge is -2.27. The summed E-state index contributed by atoms with van der Waals surface area (Å²) in [7, 11) is 0. The van der Waals surface area contributed by atoms with Crippen molar-refractivity contribution in [3.05, 3.63) is 0 Å². The first-order chi connectivity index (χ1) is 7.43. The molecule has 1 atom stereocenters. The van der Waals surface area contributed by atoms with E-state index < -0.39 is 29.0 Å². The Bertz CT molecular complexity index is 286. The average molecular weight is 245 g/mol. The normalized spacial score (nSPS) is 14.0. The van der Waals surface area contributed by atoms with Crippen LogP contribution in [-0.2, 0) is 9.53 Å². The van der Waals surface area contributed by atoms with E-state index in [4.69, 9.17) is 9.84 Å². The summed E-state index contributed by atoms with van der Waals surface area (Å²) in [6, 6.07) is 0. The van der Waals surface area contributed by atoms with E-state index in [2.05, 4.69) is 5.32 Å². The van der Waals surface area contributed by atoms with Crippen LogP contribution in [0.4, 0.5) is 4.79 Å². The first-order valence-corrected chi connectivity index (χ1v) is 5.63. The van der Waals surface area contributed by atoms with Crippen molar-refractivity contribution < 1.29 is 19.4 Å². The third-order valence-corrected chi connectivity index (χ3v) is 2.19. The molecule has 0 heterocycles. The fourth-order valence-corrected chi connectivity index (χ4v) is 1.26. The molecule has 0 aliphatic carbocycles. The number of nitrogens with one attached hydrogen (secondary N) is 1. The molecule has 0 saturated heterocycles. The van der Waals surface area contributed by atoms with Gasteiger partial charge in [-0.3, -0.25) is 4.79 Å². The second-order valence-electron chi connectivity index (χ2n) is 6.14. The Hall–Kier alpha value is -1.26. The van der Waals surface area contributed by atoms with E-state index in [-0.39, 0.29) is 6.54 Å². The van der Waals surface area contributed by atoms with E-state index in [1.165, 1.54) is 0 Å². The molecule has 0 spiro atoms. The average Bonchev–Trinajstić information content (AvgIpc) is 1.96. The van der Waals surface area contributed by atoms with Gasteiger partial charge in [0.25, 0.3) is 0 Å². The Labute approximate surface area is 103 Å². The summed E-state index contributed by atoms with van der Waals surface area (Å²) in [6.07, 6.45) is -0.590. The number of carboxylic acid groups (broad SMARTS) is 1. The maximum atomic E-state index is 11.4. The SMILES string of the molecule is CC(C)(C)OC(=O)NC[C@H](C(=O)O)C(C)(C)C. The summed E-state index contributed by atoms with van der Waals surface area (Å²) in [6.45, 7) is 10.8. The predicted octanol–water partition coefficient (Wildman–Crippen LogP) is 2.26. The molecule has 0 rings (SSSR count). The van der Waals surface area contributed by atoms with Crippen LogP contribution >= 0.6 is 0 Å². The molecule has 17 heavy (non-hydrogen) atoms. The van der Waals surface area contributed by atoms with Crippen molar-refractivity contribution in [2.45, 2.75) is 47.1 Å². The monoisotopic (exact) mass is 245 g/mol. The minimum Gasteiger partial charge on any atom is -0.481 e. The summed E-state index contributed by atoms with van der Waals surface area (Å²) < 4.78 is 5.04. The van der Waals surface area contributed by atoms with Crippen molar-refractivity contribution in [3.63, 3.8) is 0 Å². The molecule has 100 valence electrons. The van der Waals surface area contributed by atoms with Gasteiger partial charge in [0.15, 0.2) is 0 Å². The first-order valence-electron chi connectivity index (χ1n) is 5.63. The van der Waals surface area contributed by atoms with Gasteiger partial charge in [-0.1, -0.05) is 20.8 Å². The lowest BCUT2D eigenvalue weighted by atomic mass is 9.81. The topological polar surface area (TPSA) is 75.6 Å². The fraction of sp³-hybridized carbons (Fsp3) is 0.833. The largest absolute Gasteiger partial charge is 0.481 e. The van der Waals surface area contributed by atoms with E-state index in [0.29, 0.717) is 0 Å². The third-order valence-electron chi connectivity index (χ3n) is 2.19. The minimum absolute atomic E-state index is 0.0632.